The van der Waals surface area contributed by atoms with Crippen molar-refractivity contribution in [3.05, 3.63) is 52.5 Å². The number of H-pyrrole nitrogens is 1. The van der Waals surface area contributed by atoms with E-state index >= 15 is 0 Å². The van der Waals surface area contributed by atoms with Crippen LogP contribution in [0.4, 0.5) is 0 Å². The Balaban J connectivity index is 1.93. The van der Waals surface area contributed by atoms with Gasteiger partial charge in [-0.3, -0.25) is 4.98 Å². The van der Waals surface area contributed by atoms with Crippen LogP contribution in [0.25, 0.3) is 10.9 Å². The second-order valence-corrected chi connectivity index (χ2v) is 6.36. The summed E-state index contributed by atoms with van der Waals surface area (Å²) in [4.78, 5) is 7.64. The first-order chi connectivity index (χ1) is 12.1. The van der Waals surface area contributed by atoms with E-state index in [1.807, 2.05) is 18.2 Å². The normalized spacial score (nSPS) is 16.8. The van der Waals surface area contributed by atoms with Gasteiger partial charge in [0, 0.05) is 40.5 Å². The Hall–Kier alpha value is -2.57. The molecule has 2 aromatic heterocycles. The molecule has 4 N–H and O–H groups in total. The highest BCUT2D eigenvalue weighted by Gasteiger charge is 2.29. The smallest absolute Gasteiger partial charge is 0.142 e. The summed E-state index contributed by atoms with van der Waals surface area (Å²) in [6, 6.07) is 5.76. The number of rotatable bonds is 3. The van der Waals surface area contributed by atoms with Crippen LogP contribution in [-0.4, -0.2) is 33.8 Å². The van der Waals surface area contributed by atoms with Crippen molar-refractivity contribution in [2.75, 3.05) is 13.7 Å². The Labute approximate surface area is 145 Å². The van der Waals surface area contributed by atoms with Crippen LogP contribution < -0.4 is 10.1 Å². The molecule has 6 nitrogen and oxygen atoms in total. The molecule has 1 aliphatic heterocycles. The fraction of sp³-hybridized carbons (Fsp3) is 0.316. The largest absolute Gasteiger partial charge is 0.506 e. The van der Waals surface area contributed by atoms with E-state index in [1.165, 1.54) is 5.56 Å². The summed E-state index contributed by atoms with van der Waals surface area (Å²) in [5.41, 5.74) is 5.15. The lowest BCUT2D eigenvalue weighted by molar-refractivity contribution is 0.277. The number of aliphatic hydroxyl groups is 1. The van der Waals surface area contributed by atoms with E-state index in [0.717, 1.165) is 35.3 Å². The maximum Gasteiger partial charge on any atom is 0.142 e. The fourth-order valence-corrected chi connectivity index (χ4v) is 3.68. The molecule has 4 rings (SSSR count). The summed E-state index contributed by atoms with van der Waals surface area (Å²) >= 11 is 0. The highest BCUT2D eigenvalue weighted by Crippen LogP contribution is 2.39. The topological polar surface area (TPSA) is 90.4 Å². The quantitative estimate of drug-likeness (QED) is 0.588. The molecule has 0 bridgehead atoms. The Bertz CT molecular complexity index is 949. The van der Waals surface area contributed by atoms with Crippen LogP contribution in [-0.2, 0) is 13.0 Å². The van der Waals surface area contributed by atoms with Gasteiger partial charge in [0.2, 0.25) is 0 Å². The molecule has 0 fully saturated rings. The van der Waals surface area contributed by atoms with Crippen molar-refractivity contribution in [1.29, 1.82) is 0 Å². The molecule has 0 saturated carbocycles. The van der Waals surface area contributed by atoms with Gasteiger partial charge in [-0.25, -0.2) is 0 Å². The van der Waals surface area contributed by atoms with E-state index in [2.05, 4.69) is 15.3 Å². The number of aliphatic hydroxyl groups excluding tert-OH is 1. The van der Waals surface area contributed by atoms with Gasteiger partial charge in [0.1, 0.15) is 11.5 Å². The van der Waals surface area contributed by atoms with Crippen LogP contribution >= 0.6 is 0 Å². The maximum atomic E-state index is 10.6. The van der Waals surface area contributed by atoms with Crippen molar-refractivity contribution < 1.29 is 14.9 Å². The second-order valence-electron chi connectivity index (χ2n) is 6.36. The van der Waals surface area contributed by atoms with Gasteiger partial charge in [-0.1, -0.05) is 0 Å². The molecule has 1 aliphatic rings. The average molecular weight is 339 g/mol. The SMILES string of the molecule is COc1ccc2[nH]c3c(c2c1)CCNC3c1c(CO)cnc(C)c1O. The van der Waals surface area contributed by atoms with Crippen molar-refractivity contribution in [3.63, 3.8) is 0 Å². The first-order valence-corrected chi connectivity index (χ1v) is 8.34. The molecule has 0 saturated heterocycles. The first-order valence-electron chi connectivity index (χ1n) is 8.34. The second kappa shape index (κ2) is 6.06. The first kappa shape index (κ1) is 15.9. The summed E-state index contributed by atoms with van der Waals surface area (Å²) in [7, 11) is 1.66. The maximum absolute atomic E-state index is 10.6. The van der Waals surface area contributed by atoms with E-state index in [-0.39, 0.29) is 18.4 Å². The summed E-state index contributed by atoms with van der Waals surface area (Å²) in [5.74, 6) is 0.955. The van der Waals surface area contributed by atoms with Gasteiger partial charge in [0.05, 0.1) is 25.5 Å². The monoisotopic (exact) mass is 339 g/mol. The van der Waals surface area contributed by atoms with Crippen molar-refractivity contribution in [1.82, 2.24) is 15.3 Å². The minimum Gasteiger partial charge on any atom is -0.506 e. The number of methoxy groups -OCH3 is 1. The van der Waals surface area contributed by atoms with Crippen LogP contribution in [0.5, 0.6) is 11.5 Å². The lowest BCUT2D eigenvalue weighted by atomic mass is 9.91. The van der Waals surface area contributed by atoms with E-state index in [4.69, 9.17) is 4.74 Å². The molecule has 3 heterocycles. The van der Waals surface area contributed by atoms with Gasteiger partial charge < -0.3 is 25.3 Å². The van der Waals surface area contributed by atoms with Gasteiger partial charge in [0.15, 0.2) is 0 Å². The Kier molecular flexibility index (Phi) is 3.86. The lowest BCUT2D eigenvalue weighted by Crippen LogP contribution is -2.31. The number of ether oxygens (including phenoxy) is 1. The Morgan fingerprint density at radius 2 is 2.20 bits per heavy atom. The molecule has 0 radical (unpaired) electrons. The number of benzene rings is 1. The number of nitrogens with one attached hydrogen (secondary N) is 2. The standard InChI is InChI=1S/C19H21N3O3/c1-10-19(24)16(11(9-23)8-21-10)18-17-13(5-6-20-18)14-7-12(25-2)3-4-15(14)22-17/h3-4,7-8,18,20,22-24H,5-6,9H2,1-2H3. The number of hydrogen-bond acceptors (Lipinski definition) is 5. The molecule has 1 unspecified atom stereocenters. The van der Waals surface area contributed by atoms with Crippen LogP contribution in [0.1, 0.15) is 34.1 Å². The van der Waals surface area contributed by atoms with Crippen LogP contribution in [0.2, 0.25) is 0 Å². The van der Waals surface area contributed by atoms with Gasteiger partial charge in [0.25, 0.3) is 0 Å². The van der Waals surface area contributed by atoms with Crippen molar-refractivity contribution >= 4 is 10.9 Å². The zero-order valence-corrected chi connectivity index (χ0v) is 14.3. The van der Waals surface area contributed by atoms with Gasteiger partial charge in [-0.05, 0) is 37.1 Å². The average Bonchev–Trinajstić information content (AvgIpc) is 3.02. The number of aryl methyl sites for hydroxylation is 1. The summed E-state index contributed by atoms with van der Waals surface area (Å²) in [6.07, 6.45) is 2.52. The minimum atomic E-state index is -0.217. The molecule has 6 heteroatoms. The molecule has 25 heavy (non-hydrogen) atoms. The third kappa shape index (κ3) is 2.45. The molecule has 0 aliphatic carbocycles. The van der Waals surface area contributed by atoms with Crippen molar-refractivity contribution in [2.24, 2.45) is 0 Å². The number of hydrogen-bond donors (Lipinski definition) is 4. The van der Waals surface area contributed by atoms with E-state index < -0.39 is 0 Å². The van der Waals surface area contributed by atoms with Crippen molar-refractivity contribution in [3.8, 4) is 11.5 Å². The minimum absolute atomic E-state index is 0.133. The fourth-order valence-electron chi connectivity index (χ4n) is 3.68. The van der Waals surface area contributed by atoms with Crippen molar-refractivity contribution in [2.45, 2.75) is 26.0 Å². The number of aromatic nitrogens is 2. The molecular formula is C19H21N3O3. The Morgan fingerprint density at radius 3 is 2.96 bits per heavy atom. The molecule has 0 amide bonds. The zero-order valence-electron chi connectivity index (χ0n) is 14.3. The molecule has 0 spiro atoms. The van der Waals surface area contributed by atoms with Crippen LogP contribution in [0.3, 0.4) is 0 Å². The number of pyridine rings is 1. The summed E-state index contributed by atoms with van der Waals surface area (Å²) in [5, 5.41) is 24.9. The molecule has 1 atom stereocenters. The molecular weight excluding hydrogens is 318 g/mol. The third-order valence-electron chi connectivity index (χ3n) is 4.98. The predicted octanol–water partition coefficient (Wildman–Crippen LogP) is 2.31. The van der Waals surface area contributed by atoms with Crippen LogP contribution in [0.15, 0.2) is 24.4 Å². The van der Waals surface area contributed by atoms with Gasteiger partial charge in [-0.2, -0.15) is 0 Å². The number of fused-ring (bicyclic) bond motifs is 3. The molecule has 3 aromatic rings. The number of nitrogens with zero attached hydrogens (tertiary/aromatic N) is 1. The predicted molar refractivity (Wildman–Crippen MR) is 95.0 cm³/mol. The lowest BCUT2D eigenvalue weighted by Gasteiger charge is -2.27. The highest BCUT2D eigenvalue weighted by atomic mass is 16.5. The number of aromatic amines is 1. The van der Waals surface area contributed by atoms with Crippen LogP contribution in [0, 0.1) is 6.92 Å². The zero-order chi connectivity index (χ0) is 17.6. The summed E-state index contributed by atoms with van der Waals surface area (Å²) in [6.45, 7) is 2.38. The van der Waals surface area contributed by atoms with E-state index in [0.29, 0.717) is 16.8 Å². The van der Waals surface area contributed by atoms with Gasteiger partial charge in [-0.15, -0.1) is 0 Å². The van der Waals surface area contributed by atoms with E-state index in [1.54, 1.807) is 20.2 Å². The third-order valence-corrected chi connectivity index (χ3v) is 4.98. The van der Waals surface area contributed by atoms with Gasteiger partial charge >= 0.3 is 0 Å². The highest BCUT2D eigenvalue weighted by molar-refractivity contribution is 5.87. The van der Waals surface area contributed by atoms with E-state index in [9.17, 15) is 10.2 Å². The molecule has 130 valence electrons. The molecule has 1 aromatic carbocycles. The Morgan fingerprint density at radius 1 is 1.36 bits per heavy atom. The summed E-state index contributed by atoms with van der Waals surface area (Å²) < 4.78 is 5.35. The number of aromatic hydroxyl groups is 1.